The van der Waals surface area contributed by atoms with Crippen LogP contribution in [-0.2, 0) is 9.59 Å². The Morgan fingerprint density at radius 2 is 1.71 bits per heavy atom. The first-order valence-corrected chi connectivity index (χ1v) is 10.6. The number of amides is 2. The number of ether oxygens (including phenoxy) is 1. The second-order valence-corrected chi connectivity index (χ2v) is 7.94. The number of hydrogen-bond acceptors (Lipinski definition) is 7. The summed E-state index contributed by atoms with van der Waals surface area (Å²) in [6.07, 6.45) is 4.02. The molecule has 2 heterocycles. The summed E-state index contributed by atoms with van der Waals surface area (Å²) in [4.78, 5) is 44.9. The lowest BCUT2D eigenvalue weighted by Gasteiger charge is -2.15. The van der Waals surface area contributed by atoms with E-state index in [-0.39, 0.29) is 11.6 Å². The minimum Gasteiger partial charge on any atom is -0.455 e. The van der Waals surface area contributed by atoms with Gasteiger partial charge < -0.3 is 15.4 Å². The first-order chi connectivity index (χ1) is 16.6. The summed E-state index contributed by atoms with van der Waals surface area (Å²) < 4.78 is 5.91. The molecule has 0 bridgehead atoms. The summed E-state index contributed by atoms with van der Waals surface area (Å²) in [5, 5.41) is 9.11. The normalized spacial score (nSPS) is 13.6. The van der Waals surface area contributed by atoms with Gasteiger partial charge in [0, 0.05) is 17.3 Å². The van der Waals surface area contributed by atoms with Crippen molar-refractivity contribution in [3.05, 3.63) is 84.0 Å². The van der Waals surface area contributed by atoms with Gasteiger partial charge >= 0.3 is 0 Å². The third-order valence-electron chi connectivity index (χ3n) is 5.65. The summed E-state index contributed by atoms with van der Waals surface area (Å²) in [6, 6.07) is 18.8. The second kappa shape index (κ2) is 8.70. The summed E-state index contributed by atoms with van der Waals surface area (Å²) in [5.74, 6) is 0.505. The average molecular weight is 453 g/mol. The van der Waals surface area contributed by atoms with Crippen molar-refractivity contribution in [2.24, 2.45) is 10.6 Å². The van der Waals surface area contributed by atoms with Crippen LogP contribution in [-0.4, -0.2) is 21.8 Å². The van der Waals surface area contributed by atoms with Crippen molar-refractivity contribution in [1.29, 1.82) is 0 Å². The highest BCUT2D eigenvalue weighted by molar-refractivity contribution is 6.16. The van der Waals surface area contributed by atoms with Crippen LogP contribution in [0.2, 0.25) is 0 Å². The molecule has 2 N–H and O–H groups in total. The fourth-order valence-electron chi connectivity index (χ4n) is 3.59. The fraction of sp³-hybridized carbons (Fsp3) is 0.120. The minimum atomic E-state index is -1.09. The fourth-order valence-corrected chi connectivity index (χ4v) is 3.59. The summed E-state index contributed by atoms with van der Waals surface area (Å²) in [6.45, 7) is 0. The van der Waals surface area contributed by atoms with E-state index >= 15 is 0 Å². The number of anilines is 2. The molecule has 1 aliphatic carbocycles. The van der Waals surface area contributed by atoms with Crippen LogP contribution < -0.4 is 15.4 Å². The number of nitrogens with one attached hydrogen (secondary N) is 2. The van der Waals surface area contributed by atoms with E-state index in [1.54, 1.807) is 54.7 Å². The third-order valence-corrected chi connectivity index (χ3v) is 5.65. The van der Waals surface area contributed by atoms with Gasteiger partial charge in [-0.15, -0.1) is 4.91 Å². The molecule has 0 aliphatic heterocycles. The molecule has 0 radical (unpaired) electrons. The van der Waals surface area contributed by atoms with E-state index in [0.29, 0.717) is 46.7 Å². The van der Waals surface area contributed by atoms with Gasteiger partial charge in [0.05, 0.1) is 11.7 Å². The Bertz CT molecular complexity index is 1390. The molecule has 2 amide bonds. The predicted octanol–water partition coefficient (Wildman–Crippen LogP) is 5.18. The lowest BCUT2D eigenvalue weighted by molar-refractivity contribution is -0.131. The van der Waals surface area contributed by atoms with Crippen molar-refractivity contribution >= 4 is 39.9 Å². The monoisotopic (exact) mass is 453 g/mol. The molecule has 0 unspecified atom stereocenters. The average Bonchev–Trinajstić information content (AvgIpc) is 3.68. The summed E-state index contributed by atoms with van der Waals surface area (Å²) in [7, 11) is 0. The van der Waals surface area contributed by atoms with Gasteiger partial charge in [-0.1, -0.05) is 18.2 Å². The zero-order valence-electron chi connectivity index (χ0n) is 17.9. The standard InChI is InChI=1S/C25H19N5O4/c31-23(28-16-4-2-1-3-5-16)25(11-12-25)24(32)29-22-9-7-18(15-27-22)34-21-10-13-26-20-8-6-17(30-33)14-19(20)21/h1-10,13-15H,11-12H2,(H,28,31)(H,27,29,32). The van der Waals surface area contributed by atoms with Gasteiger partial charge in [-0.3, -0.25) is 14.6 Å². The van der Waals surface area contributed by atoms with Crippen molar-refractivity contribution in [3.63, 3.8) is 0 Å². The Hall–Kier alpha value is -4.66. The van der Waals surface area contributed by atoms with Crippen LogP contribution in [0.1, 0.15) is 12.8 Å². The second-order valence-electron chi connectivity index (χ2n) is 7.94. The van der Waals surface area contributed by atoms with Crippen LogP contribution in [0.15, 0.2) is 84.3 Å². The molecule has 168 valence electrons. The zero-order valence-corrected chi connectivity index (χ0v) is 17.9. The molecule has 1 aliphatic rings. The molecule has 4 aromatic rings. The molecule has 0 atom stereocenters. The van der Waals surface area contributed by atoms with Gasteiger partial charge in [-0.05, 0) is 66.5 Å². The summed E-state index contributed by atoms with van der Waals surface area (Å²) in [5.41, 5.74) is 0.482. The van der Waals surface area contributed by atoms with Crippen LogP contribution in [0.5, 0.6) is 11.5 Å². The smallest absolute Gasteiger partial charge is 0.241 e. The molecule has 1 saturated carbocycles. The third kappa shape index (κ3) is 4.18. The van der Waals surface area contributed by atoms with Gasteiger partial charge in [0.1, 0.15) is 28.4 Å². The molecular formula is C25H19N5O4. The number of fused-ring (bicyclic) bond motifs is 1. The molecule has 34 heavy (non-hydrogen) atoms. The number of nitrogens with zero attached hydrogens (tertiary/aromatic N) is 3. The highest BCUT2D eigenvalue weighted by Crippen LogP contribution is 2.47. The Kier molecular flexibility index (Phi) is 5.43. The molecule has 0 spiro atoms. The maximum Gasteiger partial charge on any atom is 0.241 e. The predicted molar refractivity (Wildman–Crippen MR) is 127 cm³/mol. The van der Waals surface area contributed by atoms with Crippen LogP contribution in [0.3, 0.4) is 0 Å². The van der Waals surface area contributed by atoms with Crippen molar-refractivity contribution in [2.45, 2.75) is 12.8 Å². The Balaban J connectivity index is 1.27. The van der Waals surface area contributed by atoms with Gasteiger partial charge in [-0.25, -0.2) is 4.98 Å². The number of nitroso groups, excluding NO2 is 1. The highest BCUT2D eigenvalue weighted by atomic mass is 16.5. The maximum absolute atomic E-state index is 12.8. The van der Waals surface area contributed by atoms with Crippen LogP contribution in [0, 0.1) is 10.3 Å². The van der Waals surface area contributed by atoms with E-state index in [2.05, 4.69) is 25.8 Å². The number of para-hydroxylation sites is 1. The molecule has 2 aromatic heterocycles. The van der Waals surface area contributed by atoms with Crippen molar-refractivity contribution in [1.82, 2.24) is 9.97 Å². The topological polar surface area (TPSA) is 123 Å². The number of carbonyl (C=O) groups excluding carboxylic acids is 2. The SMILES string of the molecule is O=Nc1ccc2nccc(Oc3ccc(NC(=O)C4(C(=O)Nc5ccccc5)CC4)nc3)c2c1. The van der Waals surface area contributed by atoms with Crippen LogP contribution in [0.25, 0.3) is 10.9 Å². The van der Waals surface area contributed by atoms with Gasteiger partial charge in [0.25, 0.3) is 0 Å². The number of carbonyl (C=O) groups is 2. The van der Waals surface area contributed by atoms with Crippen LogP contribution in [0.4, 0.5) is 17.2 Å². The molecule has 5 rings (SSSR count). The van der Waals surface area contributed by atoms with Gasteiger partial charge in [0.2, 0.25) is 11.8 Å². The molecule has 2 aromatic carbocycles. The first kappa shape index (κ1) is 21.2. The molecule has 1 fully saturated rings. The molecular weight excluding hydrogens is 434 g/mol. The lowest BCUT2D eigenvalue weighted by atomic mass is 10.1. The van der Waals surface area contributed by atoms with Crippen LogP contribution >= 0.6 is 0 Å². The van der Waals surface area contributed by atoms with E-state index in [4.69, 9.17) is 4.74 Å². The van der Waals surface area contributed by atoms with Crippen molar-refractivity contribution < 1.29 is 14.3 Å². The van der Waals surface area contributed by atoms with Crippen molar-refractivity contribution in [3.8, 4) is 11.5 Å². The van der Waals surface area contributed by atoms with E-state index < -0.39 is 11.3 Å². The first-order valence-electron chi connectivity index (χ1n) is 10.6. The van der Waals surface area contributed by atoms with E-state index in [1.165, 1.54) is 6.20 Å². The summed E-state index contributed by atoms with van der Waals surface area (Å²) >= 11 is 0. The lowest BCUT2D eigenvalue weighted by Crippen LogP contribution is -2.35. The quantitative estimate of drug-likeness (QED) is 0.294. The molecule has 9 heteroatoms. The van der Waals surface area contributed by atoms with E-state index in [9.17, 15) is 14.5 Å². The molecule has 0 saturated heterocycles. The van der Waals surface area contributed by atoms with E-state index in [1.807, 2.05) is 18.2 Å². The highest BCUT2D eigenvalue weighted by Gasteiger charge is 2.56. The Morgan fingerprint density at radius 1 is 0.912 bits per heavy atom. The Morgan fingerprint density at radius 3 is 2.41 bits per heavy atom. The number of pyridine rings is 2. The van der Waals surface area contributed by atoms with Gasteiger partial charge in [0.15, 0.2) is 0 Å². The van der Waals surface area contributed by atoms with E-state index in [0.717, 1.165) is 0 Å². The number of benzene rings is 2. The maximum atomic E-state index is 12.8. The largest absolute Gasteiger partial charge is 0.455 e. The minimum absolute atomic E-state index is 0.270. The van der Waals surface area contributed by atoms with Gasteiger partial charge in [-0.2, -0.15) is 0 Å². The zero-order chi connectivity index (χ0) is 23.5. The van der Waals surface area contributed by atoms with Crippen molar-refractivity contribution in [2.75, 3.05) is 10.6 Å². The number of hydrogen-bond donors (Lipinski definition) is 2. The number of rotatable bonds is 7. The number of aromatic nitrogens is 2. The Labute approximate surface area is 194 Å². The molecule has 9 nitrogen and oxygen atoms in total.